The van der Waals surface area contributed by atoms with Crippen LogP contribution < -0.4 is 10.5 Å². The third-order valence-electron chi connectivity index (χ3n) is 4.16. The van der Waals surface area contributed by atoms with Crippen LogP contribution in [-0.2, 0) is 12.8 Å². The zero-order valence-electron chi connectivity index (χ0n) is 11.9. The van der Waals surface area contributed by atoms with Gasteiger partial charge in [-0.3, -0.25) is 0 Å². The summed E-state index contributed by atoms with van der Waals surface area (Å²) in [5.41, 5.74) is 10.3. The lowest BCUT2D eigenvalue weighted by atomic mass is 9.86. The third-order valence-corrected chi connectivity index (χ3v) is 4.16. The normalized spacial score (nSPS) is 19.0. The Bertz CT molecular complexity index is 593. The van der Waals surface area contributed by atoms with Crippen molar-refractivity contribution in [2.24, 2.45) is 11.7 Å². The Morgan fingerprint density at radius 2 is 2.05 bits per heavy atom. The van der Waals surface area contributed by atoms with Gasteiger partial charge in [0, 0.05) is 12.0 Å². The van der Waals surface area contributed by atoms with Crippen molar-refractivity contribution in [2.75, 3.05) is 6.61 Å². The topological polar surface area (TPSA) is 35.2 Å². The van der Waals surface area contributed by atoms with Gasteiger partial charge in [-0.15, -0.1) is 0 Å². The molecule has 2 nitrogen and oxygen atoms in total. The molecule has 2 atom stereocenters. The van der Waals surface area contributed by atoms with Gasteiger partial charge in [0.2, 0.25) is 0 Å². The van der Waals surface area contributed by atoms with Crippen LogP contribution in [0.2, 0.25) is 0 Å². The number of hydrogen-bond donors (Lipinski definition) is 1. The minimum Gasteiger partial charge on any atom is -0.493 e. The summed E-state index contributed by atoms with van der Waals surface area (Å²) in [6.07, 6.45) is 2.04. The van der Waals surface area contributed by atoms with Crippen molar-refractivity contribution in [3.8, 4) is 5.75 Å². The van der Waals surface area contributed by atoms with E-state index in [1.807, 2.05) is 12.1 Å². The average molecular weight is 267 g/mol. The summed E-state index contributed by atoms with van der Waals surface area (Å²) in [6.45, 7) is 2.87. The maximum atomic E-state index is 6.47. The summed E-state index contributed by atoms with van der Waals surface area (Å²) in [7, 11) is 0. The SMILES string of the molecule is CCc1cccc(C(N)C2COc3ccccc3C2)c1. The second kappa shape index (κ2) is 5.68. The fourth-order valence-electron chi connectivity index (χ4n) is 2.87. The number of para-hydroxylation sites is 1. The molecule has 0 fully saturated rings. The van der Waals surface area contributed by atoms with E-state index in [1.54, 1.807) is 0 Å². The highest BCUT2D eigenvalue weighted by Crippen LogP contribution is 2.32. The zero-order chi connectivity index (χ0) is 13.9. The second-order valence-corrected chi connectivity index (χ2v) is 5.51. The highest BCUT2D eigenvalue weighted by atomic mass is 16.5. The van der Waals surface area contributed by atoms with Gasteiger partial charge in [-0.25, -0.2) is 0 Å². The highest BCUT2D eigenvalue weighted by Gasteiger charge is 2.26. The van der Waals surface area contributed by atoms with E-state index in [9.17, 15) is 0 Å². The Morgan fingerprint density at radius 1 is 1.20 bits per heavy atom. The number of hydrogen-bond acceptors (Lipinski definition) is 2. The summed E-state index contributed by atoms with van der Waals surface area (Å²) in [5, 5.41) is 0. The Hall–Kier alpha value is -1.80. The molecule has 3 rings (SSSR count). The predicted octanol–water partition coefficient (Wildman–Crippen LogP) is 3.50. The van der Waals surface area contributed by atoms with Gasteiger partial charge in [-0.2, -0.15) is 0 Å². The molecular weight excluding hydrogens is 246 g/mol. The van der Waals surface area contributed by atoms with Crippen molar-refractivity contribution >= 4 is 0 Å². The van der Waals surface area contributed by atoms with Crippen LogP contribution in [-0.4, -0.2) is 6.61 Å². The van der Waals surface area contributed by atoms with Crippen LogP contribution >= 0.6 is 0 Å². The first-order chi connectivity index (χ1) is 9.78. The Labute approximate surface area is 120 Å². The fraction of sp³-hybridized carbons (Fsp3) is 0.333. The van der Waals surface area contributed by atoms with Gasteiger partial charge in [-0.1, -0.05) is 49.4 Å². The summed E-state index contributed by atoms with van der Waals surface area (Å²) >= 11 is 0. The van der Waals surface area contributed by atoms with E-state index >= 15 is 0 Å². The molecule has 2 unspecified atom stereocenters. The van der Waals surface area contributed by atoms with E-state index in [-0.39, 0.29) is 6.04 Å². The largest absolute Gasteiger partial charge is 0.493 e. The molecular formula is C18H21NO. The lowest BCUT2D eigenvalue weighted by Crippen LogP contribution is -2.31. The van der Waals surface area contributed by atoms with Crippen LogP contribution in [0.25, 0.3) is 0 Å². The van der Waals surface area contributed by atoms with Crippen molar-refractivity contribution in [3.05, 3.63) is 65.2 Å². The predicted molar refractivity (Wildman–Crippen MR) is 81.9 cm³/mol. The van der Waals surface area contributed by atoms with E-state index in [4.69, 9.17) is 10.5 Å². The standard InChI is InChI=1S/C18H21NO/c1-2-13-6-5-8-15(10-13)18(19)16-11-14-7-3-4-9-17(14)20-12-16/h3-10,16,18H,2,11-12,19H2,1H3. The van der Waals surface area contributed by atoms with Gasteiger partial charge < -0.3 is 10.5 Å². The van der Waals surface area contributed by atoms with Gasteiger partial charge in [0.05, 0.1) is 6.61 Å². The lowest BCUT2D eigenvalue weighted by Gasteiger charge is -2.30. The van der Waals surface area contributed by atoms with Crippen molar-refractivity contribution in [3.63, 3.8) is 0 Å². The summed E-state index contributed by atoms with van der Waals surface area (Å²) in [6, 6.07) is 16.9. The molecule has 0 amide bonds. The molecule has 2 aromatic rings. The van der Waals surface area contributed by atoms with Gasteiger partial charge in [-0.05, 0) is 35.6 Å². The smallest absolute Gasteiger partial charge is 0.122 e. The zero-order valence-corrected chi connectivity index (χ0v) is 11.9. The molecule has 0 saturated heterocycles. The Kier molecular flexibility index (Phi) is 3.75. The molecule has 1 aliphatic rings. The van der Waals surface area contributed by atoms with Gasteiger partial charge in [0.15, 0.2) is 0 Å². The molecule has 104 valence electrons. The number of benzene rings is 2. The van der Waals surface area contributed by atoms with Gasteiger partial charge >= 0.3 is 0 Å². The number of rotatable bonds is 3. The molecule has 0 aliphatic carbocycles. The van der Waals surface area contributed by atoms with E-state index in [1.165, 1.54) is 16.7 Å². The minimum absolute atomic E-state index is 0.0369. The minimum atomic E-state index is 0.0369. The molecule has 2 heteroatoms. The summed E-state index contributed by atoms with van der Waals surface area (Å²) < 4.78 is 5.86. The first-order valence-corrected chi connectivity index (χ1v) is 7.33. The van der Waals surface area contributed by atoms with Crippen molar-refractivity contribution in [1.82, 2.24) is 0 Å². The molecule has 1 heterocycles. The van der Waals surface area contributed by atoms with Gasteiger partial charge in [0.25, 0.3) is 0 Å². The van der Waals surface area contributed by atoms with Crippen LogP contribution in [0.5, 0.6) is 5.75 Å². The number of fused-ring (bicyclic) bond motifs is 1. The van der Waals surface area contributed by atoms with E-state index in [0.717, 1.165) is 18.6 Å². The second-order valence-electron chi connectivity index (χ2n) is 5.51. The summed E-state index contributed by atoms with van der Waals surface area (Å²) in [4.78, 5) is 0. The molecule has 0 spiro atoms. The Morgan fingerprint density at radius 3 is 2.90 bits per heavy atom. The number of ether oxygens (including phenoxy) is 1. The average Bonchev–Trinajstić information content (AvgIpc) is 2.53. The molecule has 20 heavy (non-hydrogen) atoms. The van der Waals surface area contributed by atoms with Crippen molar-refractivity contribution in [1.29, 1.82) is 0 Å². The van der Waals surface area contributed by atoms with Crippen LogP contribution in [0.1, 0.15) is 29.7 Å². The first kappa shape index (κ1) is 13.2. The van der Waals surface area contributed by atoms with E-state index in [2.05, 4.69) is 43.3 Å². The molecule has 0 aromatic heterocycles. The van der Waals surface area contributed by atoms with Crippen LogP contribution in [0.3, 0.4) is 0 Å². The van der Waals surface area contributed by atoms with Crippen molar-refractivity contribution < 1.29 is 4.74 Å². The molecule has 0 radical (unpaired) electrons. The third kappa shape index (κ3) is 2.56. The maximum Gasteiger partial charge on any atom is 0.122 e. The molecule has 2 aromatic carbocycles. The molecule has 1 aliphatic heterocycles. The fourth-order valence-corrected chi connectivity index (χ4v) is 2.87. The number of nitrogens with two attached hydrogens (primary N) is 1. The molecule has 0 saturated carbocycles. The van der Waals surface area contributed by atoms with Crippen LogP contribution in [0.15, 0.2) is 48.5 Å². The van der Waals surface area contributed by atoms with Crippen molar-refractivity contribution in [2.45, 2.75) is 25.8 Å². The molecule has 2 N–H and O–H groups in total. The Balaban J connectivity index is 1.80. The van der Waals surface area contributed by atoms with E-state index in [0.29, 0.717) is 12.5 Å². The maximum absolute atomic E-state index is 6.47. The van der Waals surface area contributed by atoms with Crippen LogP contribution in [0, 0.1) is 5.92 Å². The number of aryl methyl sites for hydroxylation is 1. The summed E-state index contributed by atoms with van der Waals surface area (Å²) in [5.74, 6) is 1.36. The first-order valence-electron chi connectivity index (χ1n) is 7.33. The quantitative estimate of drug-likeness (QED) is 0.923. The monoisotopic (exact) mass is 267 g/mol. The highest BCUT2D eigenvalue weighted by molar-refractivity contribution is 5.36. The van der Waals surface area contributed by atoms with E-state index < -0.39 is 0 Å². The molecule has 0 bridgehead atoms. The van der Waals surface area contributed by atoms with Gasteiger partial charge in [0.1, 0.15) is 5.75 Å². The van der Waals surface area contributed by atoms with Crippen LogP contribution in [0.4, 0.5) is 0 Å². The lowest BCUT2D eigenvalue weighted by molar-refractivity contribution is 0.200.